The van der Waals surface area contributed by atoms with E-state index in [4.69, 9.17) is 5.11 Å². The highest BCUT2D eigenvalue weighted by atomic mass is 19.1. The number of nitrogens with one attached hydrogen (secondary N) is 1. The average Bonchev–Trinajstić information content (AvgIpc) is 2.75. The largest absolute Gasteiger partial charge is 0.465 e. The zero-order valence-corrected chi connectivity index (χ0v) is 12.2. The molecule has 1 saturated heterocycles. The fourth-order valence-electron chi connectivity index (χ4n) is 3.79. The number of anilines is 1. The van der Waals surface area contributed by atoms with Gasteiger partial charge in [-0.15, -0.1) is 0 Å². The summed E-state index contributed by atoms with van der Waals surface area (Å²) in [6, 6.07) is 5.87. The quantitative estimate of drug-likeness (QED) is 0.882. The van der Waals surface area contributed by atoms with Gasteiger partial charge in [0.05, 0.1) is 5.41 Å². The molecule has 2 aliphatic rings. The summed E-state index contributed by atoms with van der Waals surface area (Å²) in [5.74, 6) is -0.365. The first-order valence-electron chi connectivity index (χ1n) is 7.57. The first-order valence-corrected chi connectivity index (χ1v) is 7.57. The molecular formula is C16H19FN2O3. The maximum Gasteiger partial charge on any atom is 0.404 e. The van der Waals surface area contributed by atoms with Crippen molar-refractivity contribution < 1.29 is 19.1 Å². The van der Waals surface area contributed by atoms with E-state index in [1.54, 1.807) is 17.0 Å². The SMILES string of the molecule is O=C(O)N[C@H]1CCCC2(CCN(c3cccc(F)c3)C2=O)C1. The van der Waals surface area contributed by atoms with Crippen molar-refractivity contribution in [3.8, 4) is 0 Å². The van der Waals surface area contributed by atoms with Crippen molar-refractivity contribution in [1.29, 1.82) is 0 Å². The minimum atomic E-state index is -1.05. The molecule has 3 rings (SSSR count). The van der Waals surface area contributed by atoms with Gasteiger partial charge in [-0.2, -0.15) is 0 Å². The molecule has 2 amide bonds. The van der Waals surface area contributed by atoms with Gasteiger partial charge < -0.3 is 15.3 Å². The molecule has 1 aliphatic heterocycles. The van der Waals surface area contributed by atoms with E-state index in [0.717, 1.165) is 19.3 Å². The summed E-state index contributed by atoms with van der Waals surface area (Å²) in [4.78, 5) is 25.3. The van der Waals surface area contributed by atoms with Crippen LogP contribution in [0.3, 0.4) is 0 Å². The molecular weight excluding hydrogens is 287 g/mol. The number of halogens is 1. The van der Waals surface area contributed by atoms with Gasteiger partial charge in [0, 0.05) is 18.3 Å². The summed E-state index contributed by atoms with van der Waals surface area (Å²) in [5.41, 5.74) is 0.0766. The zero-order chi connectivity index (χ0) is 15.7. The topological polar surface area (TPSA) is 69.6 Å². The van der Waals surface area contributed by atoms with Gasteiger partial charge in [-0.3, -0.25) is 4.79 Å². The molecule has 1 unspecified atom stereocenters. The van der Waals surface area contributed by atoms with E-state index < -0.39 is 11.5 Å². The van der Waals surface area contributed by atoms with Crippen LogP contribution in [0.2, 0.25) is 0 Å². The van der Waals surface area contributed by atoms with Crippen LogP contribution in [0, 0.1) is 11.2 Å². The number of benzene rings is 1. The highest BCUT2D eigenvalue weighted by Crippen LogP contribution is 2.46. The molecule has 0 radical (unpaired) electrons. The third-order valence-electron chi connectivity index (χ3n) is 4.81. The first-order chi connectivity index (χ1) is 10.5. The van der Waals surface area contributed by atoms with Crippen molar-refractivity contribution in [1.82, 2.24) is 5.32 Å². The molecule has 1 aliphatic carbocycles. The molecule has 118 valence electrons. The minimum Gasteiger partial charge on any atom is -0.465 e. The molecule has 2 N–H and O–H groups in total. The van der Waals surface area contributed by atoms with Gasteiger partial charge in [-0.05, 0) is 43.9 Å². The molecule has 1 aromatic carbocycles. The predicted molar refractivity (Wildman–Crippen MR) is 79.2 cm³/mol. The lowest BCUT2D eigenvalue weighted by molar-refractivity contribution is -0.127. The van der Waals surface area contributed by atoms with E-state index >= 15 is 0 Å². The van der Waals surface area contributed by atoms with Crippen molar-refractivity contribution in [2.75, 3.05) is 11.4 Å². The second-order valence-corrected chi connectivity index (χ2v) is 6.21. The number of carboxylic acid groups (broad SMARTS) is 1. The van der Waals surface area contributed by atoms with Crippen LogP contribution >= 0.6 is 0 Å². The molecule has 1 heterocycles. The molecule has 5 nitrogen and oxygen atoms in total. The van der Waals surface area contributed by atoms with Gasteiger partial charge in [0.15, 0.2) is 0 Å². The van der Waals surface area contributed by atoms with Gasteiger partial charge in [0.1, 0.15) is 5.82 Å². The number of hydrogen-bond acceptors (Lipinski definition) is 2. The van der Waals surface area contributed by atoms with Crippen molar-refractivity contribution in [3.05, 3.63) is 30.1 Å². The van der Waals surface area contributed by atoms with Crippen LogP contribution in [0.25, 0.3) is 0 Å². The normalized spacial score (nSPS) is 28.1. The standard InChI is InChI=1S/C16H19FN2O3/c17-11-3-1-5-13(9-11)19-8-7-16(14(19)20)6-2-4-12(10-16)18-15(21)22/h1,3,5,9,12,18H,2,4,6-8,10H2,(H,21,22)/t12-,16?/m0/s1. The van der Waals surface area contributed by atoms with Gasteiger partial charge in [-0.25, -0.2) is 9.18 Å². The smallest absolute Gasteiger partial charge is 0.404 e. The summed E-state index contributed by atoms with van der Waals surface area (Å²) < 4.78 is 13.4. The fraction of sp³-hybridized carbons (Fsp3) is 0.500. The summed E-state index contributed by atoms with van der Waals surface area (Å²) in [6.07, 6.45) is 2.55. The van der Waals surface area contributed by atoms with Crippen molar-refractivity contribution in [3.63, 3.8) is 0 Å². The van der Waals surface area contributed by atoms with Crippen LogP contribution in [-0.2, 0) is 4.79 Å². The second-order valence-electron chi connectivity index (χ2n) is 6.21. The zero-order valence-electron chi connectivity index (χ0n) is 12.2. The highest BCUT2D eigenvalue weighted by Gasteiger charge is 2.49. The Morgan fingerprint density at radius 1 is 1.41 bits per heavy atom. The van der Waals surface area contributed by atoms with Crippen molar-refractivity contribution >= 4 is 17.7 Å². The number of amides is 2. The van der Waals surface area contributed by atoms with Crippen LogP contribution < -0.4 is 10.2 Å². The van der Waals surface area contributed by atoms with Gasteiger partial charge in [0.2, 0.25) is 5.91 Å². The van der Waals surface area contributed by atoms with E-state index in [-0.39, 0.29) is 17.8 Å². The number of rotatable bonds is 2. The number of nitrogens with zero attached hydrogens (tertiary/aromatic N) is 1. The maximum atomic E-state index is 13.4. The summed E-state index contributed by atoms with van der Waals surface area (Å²) in [6.45, 7) is 0.558. The van der Waals surface area contributed by atoms with Crippen molar-refractivity contribution in [2.24, 2.45) is 5.41 Å². The maximum absolute atomic E-state index is 13.4. The lowest BCUT2D eigenvalue weighted by atomic mass is 9.71. The molecule has 0 bridgehead atoms. The lowest BCUT2D eigenvalue weighted by Gasteiger charge is -2.36. The molecule has 1 aromatic rings. The Morgan fingerprint density at radius 2 is 2.23 bits per heavy atom. The van der Waals surface area contributed by atoms with Crippen molar-refractivity contribution in [2.45, 2.75) is 38.1 Å². The van der Waals surface area contributed by atoms with Crippen LogP contribution in [-0.4, -0.2) is 29.7 Å². The van der Waals surface area contributed by atoms with E-state index in [0.29, 0.717) is 25.1 Å². The average molecular weight is 306 g/mol. The number of carbonyl (C=O) groups excluding carboxylic acids is 1. The Bertz CT molecular complexity index is 607. The second kappa shape index (κ2) is 5.59. The Hall–Kier alpha value is -2.11. The molecule has 22 heavy (non-hydrogen) atoms. The van der Waals surface area contributed by atoms with E-state index in [9.17, 15) is 14.0 Å². The van der Waals surface area contributed by atoms with Crippen LogP contribution in [0.4, 0.5) is 14.9 Å². The minimum absolute atomic E-state index is 0.00464. The summed E-state index contributed by atoms with van der Waals surface area (Å²) >= 11 is 0. The number of carbonyl (C=O) groups is 2. The number of hydrogen-bond donors (Lipinski definition) is 2. The predicted octanol–water partition coefficient (Wildman–Crippen LogP) is 2.76. The molecule has 2 fully saturated rings. The van der Waals surface area contributed by atoms with E-state index in [1.165, 1.54) is 12.1 Å². The Morgan fingerprint density at radius 3 is 2.95 bits per heavy atom. The Labute approximate surface area is 128 Å². The monoisotopic (exact) mass is 306 g/mol. The van der Waals surface area contributed by atoms with E-state index in [1.807, 2.05) is 0 Å². The highest BCUT2D eigenvalue weighted by molar-refractivity contribution is 6.00. The Balaban J connectivity index is 1.79. The van der Waals surface area contributed by atoms with Crippen LogP contribution in [0.1, 0.15) is 32.1 Å². The van der Waals surface area contributed by atoms with Crippen LogP contribution in [0.5, 0.6) is 0 Å². The molecule has 0 aromatic heterocycles. The van der Waals surface area contributed by atoms with Crippen LogP contribution in [0.15, 0.2) is 24.3 Å². The van der Waals surface area contributed by atoms with Gasteiger partial charge in [0.25, 0.3) is 0 Å². The Kier molecular flexibility index (Phi) is 3.76. The molecule has 6 heteroatoms. The first kappa shape index (κ1) is 14.8. The third-order valence-corrected chi connectivity index (χ3v) is 4.81. The molecule has 2 atom stereocenters. The van der Waals surface area contributed by atoms with Gasteiger partial charge in [-0.1, -0.05) is 12.5 Å². The summed E-state index contributed by atoms with van der Waals surface area (Å²) in [7, 11) is 0. The lowest BCUT2D eigenvalue weighted by Crippen LogP contribution is -2.45. The fourth-order valence-corrected chi connectivity index (χ4v) is 3.79. The van der Waals surface area contributed by atoms with E-state index in [2.05, 4.69) is 5.32 Å². The molecule has 1 spiro atoms. The summed E-state index contributed by atoms with van der Waals surface area (Å²) in [5, 5.41) is 11.4. The molecule has 1 saturated carbocycles. The van der Waals surface area contributed by atoms with Gasteiger partial charge >= 0.3 is 6.09 Å². The third kappa shape index (κ3) is 2.65.